The highest BCUT2D eigenvalue weighted by molar-refractivity contribution is 8.01. The van der Waals surface area contributed by atoms with Crippen molar-refractivity contribution in [2.45, 2.75) is 23.7 Å². The zero-order chi connectivity index (χ0) is 23.1. The molecule has 2 amide bonds. The summed E-state index contributed by atoms with van der Waals surface area (Å²) in [6.07, 6.45) is 0.409. The van der Waals surface area contributed by atoms with Crippen LogP contribution in [0.5, 0.6) is 5.75 Å². The van der Waals surface area contributed by atoms with E-state index in [0.29, 0.717) is 28.2 Å². The molecule has 10 nitrogen and oxygen atoms in total. The maximum atomic E-state index is 12.6. The number of hydrogen-bond acceptors (Lipinski definition) is 10. The van der Waals surface area contributed by atoms with Crippen molar-refractivity contribution in [1.82, 2.24) is 20.4 Å². The molecule has 1 aromatic heterocycles. The van der Waals surface area contributed by atoms with Gasteiger partial charge in [0, 0.05) is 12.6 Å². The van der Waals surface area contributed by atoms with E-state index in [1.165, 1.54) is 28.0 Å². The molecule has 1 fully saturated rings. The Morgan fingerprint density at radius 2 is 2.09 bits per heavy atom. The zero-order valence-electron chi connectivity index (χ0n) is 17.7. The van der Waals surface area contributed by atoms with Crippen molar-refractivity contribution in [1.29, 1.82) is 0 Å². The van der Waals surface area contributed by atoms with E-state index < -0.39 is 9.84 Å². The number of nitrogens with one attached hydrogen (secondary N) is 2. The first-order chi connectivity index (χ1) is 15.3. The first-order valence-electron chi connectivity index (χ1n) is 9.93. The van der Waals surface area contributed by atoms with Crippen LogP contribution < -0.4 is 15.4 Å². The van der Waals surface area contributed by atoms with Crippen LogP contribution in [0.15, 0.2) is 28.6 Å². The molecular formula is C19H25N5O5S3. The molecule has 1 unspecified atom stereocenters. The summed E-state index contributed by atoms with van der Waals surface area (Å²) < 4.78 is 29.0. The molecule has 2 aromatic rings. The lowest BCUT2D eigenvalue weighted by molar-refractivity contribution is -0.134. The van der Waals surface area contributed by atoms with Crippen LogP contribution in [0.25, 0.3) is 0 Å². The second-order valence-electron chi connectivity index (χ2n) is 7.06. The summed E-state index contributed by atoms with van der Waals surface area (Å²) in [5.41, 5.74) is 0.761. The minimum absolute atomic E-state index is 0.0447. The molecule has 0 radical (unpaired) electrons. The van der Waals surface area contributed by atoms with Crippen molar-refractivity contribution in [3.63, 3.8) is 0 Å². The zero-order valence-corrected chi connectivity index (χ0v) is 20.2. The fourth-order valence-electron chi connectivity index (χ4n) is 3.13. The van der Waals surface area contributed by atoms with Gasteiger partial charge in [-0.1, -0.05) is 35.2 Å². The van der Waals surface area contributed by atoms with Crippen molar-refractivity contribution in [2.24, 2.45) is 0 Å². The molecule has 0 aliphatic carbocycles. The van der Waals surface area contributed by atoms with Gasteiger partial charge >= 0.3 is 0 Å². The average Bonchev–Trinajstić information content (AvgIpc) is 3.35. The van der Waals surface area contributed by atoms with Gasteiger partial charge in [-0.3, -0.25) is 9.59 Å². The molecule has 1 atom stereocenters. The minimum Gasteiger partial charge on any atom is -0.495 e. The molecule has 174 valence electrons. The van der Waals surface area contributed by atoms with Crippen LogP contribution in [0, 0.1) is 0 Å². The van der Waals surface area contributed by atoms with E-state index in [9.17, 15) is 18.0 Å². The van der Waals surface area contributed by atoms with Crippen LogP contribution in [-0.4, -0.2) is 78.8 Å². The maximum Gasteiger partial charge on any atom is 0.239 e. The number of methoxy groups -OCH3 is 1. The predicted octanol–water partition coefficient (Wildman–Crippen LogP) is 1.53. The summed E-state index contributed by atoms with van der Waals surface area (Å²) in [5.74, 6) is 0.270. The number of nitrogens with zero attached hydrogens (tertiary/aromatic N) is 3. The van der Waals surface area contributed by atoms with Crippen LogP contribution in [0.1, 0.15) is 13.3 Å². The molecule has 0 bridgehead atoms. The SMILES string of the molecule is CCN(CC(=O)NC1CCS(=O)(=O)C1)C(=O)CSc1nnc(Nc2ccccc2OC)s1. The Hall–Kier alpha value is -2.38. The van der Waals surface area contributed by atoms with E-state index in [1.54, 1.807) is 14.0 Å². The summed E-state index contributed by atoms with van der Waals surface area (Å²) in [5, 5.41) is 14.6. The summed E-state index contributed by atoms with van der Waals surface area (Å²) in [4.78, 5) is 26.2. The second-order valence-corrected chi connectivity index (χ2v) is 11.5. The van der Waals surface area contributed by atoms with E-state index >= 15 is 0 Å². The number of ether oxygens (including phenoxy) is 1. The Balaban J connectivity index is 1.48. The van der Waals surface area contributed by atoms with Crippen LogP contribution in [0.3, 0.4) is 0 Å². The van der Waals surface area contributed by atoms with Gasteiger partial charge in [-0.25, -0.2) is 8.42 Å². The number of benzene rings is 1. The topological polar surface area (TPSA) is 131 Å². The van der Waals surface area contributed by atoms with Gasteiger partial charge in [0.05, 0.1) is 36.6 Å². The molecular weight excluding hydrogens is 474 g/mol. The van der Waals surface area contributed by atoms with Crippen molar-refractivity contribution < 1.29 is 22.7 Å². The summed E-state index contributed by atoms with van der Waals surface area (Å²) in [6, 6.07) is 7.06. The molecule has 1 aromatic carbocycles. The molecule has 13 heteroatoms. The second kappa shape index (κ2) is 11.0. The Labute approximate surface area is 195 Å². The van der Waals surface area contributed by atoms with Crippen molar-refractivity contribution in [2.75, 3.05) is 42.8 Å². The lowest BCUT2D eigenvalue weighted by Crippen LogP contribution is -2.45. The Bertz CT molecular complexity index is 1060. The van der Waals surface area contributed by atoms with E-state index in [-0.39, 0.29) is 41.7 Å². The number of thioether (sulfide) groups is 1. The van der Waals surface area contributed by atoms with E-state index in [1.807, 2.05) is 24.3 Å². The molecule has 1 aliphatic rings. The van der Waals surface area contributed by atoms with Gasteiger partial charge in [-0.05, 0) is 25.5 Å². The van der Waals surface area contributed by atoms with E-state index in [0.717, 1.165) is 5.69 Å². The van der Waals surface area contributed by atoms with Gasteiger partial charge in [0.15, 0.2) is 14.2 Å². The minimum atomic E-state index is -3.08. The number of aromatic nitrogens is 2. The van der Waals surface area contributed by atoms with E-state index in [2.05, 4.69) is 20.8 Å². The third-order valence-electron chi connectivity index (χ3n) is 4.74. The molecule has 2 N–H and O–H groups in total. The Morgan fingerprint density at radius 3 is 2.78 bits per heavy atom. The van der Waals surface area contributed by atoms with Crippen LogP contribution >= 0.6 is 23.1 Å². The smallest absolute Gasteiger partial charge is 0.239 e. The summed E-state index contributed by atoms with van der Waals surface area (Å²) in [6.45, 7) is 2.05. The van der Waals surface area contributed by atoms with Crippen LogP contribution in [0.4, 0.5) is 10.8 Å². The number of hydrogen-bond donors (Lipinski definition) is 2. The first kappa shape index (κ1) is 24.3. The molecule has 32 heavy (non-hydrogen) atoms. The first-order valence-corrected chi connectivity index (χ1v) is 13.6. The molecule has 0 saturated carbocycles. The highest BCUT2D eigenvalue weighted by Crippen LogP contribution is 2.31. The monoisotopic (exact) mass is 499 g/mol. The molecule has 1 aliphatic heterocycles. The standard InChI is InChI=1S/C19H25N5O5S3/c1-3-24(10-16(25)20-13-8-9-32(27,28)12-13)17(26)11-30-19-23-22-18(31-19)21-14-6-4-5-7-15(14)29-2/h4-7,13H,3,8-12H2,1-2H3,(H,20,25)(H,21,22). The number of amides is 2. The predicted molar refractivity (Wildman–Crippen MR) is 124 cm³/mol. The van der Waals surface area contributed by atoms with E-state index in [4.69, 9.17) is 4.74 Å². The Kier molecular flexibility index (Phi) is 8.32. The highest BCUT2D eigenvalue weighted by atomic mass is 32.2. The average molecular weight is 500 g/mol. The lowest BCUT2D eigenvalue weighted by atomic mass is 10.2. The maximum absolute atomic E-state index is 12.6. The fraction of sp³-hybridized carbons (Fsp3) is 0.474. The number of para-hydroxylation sites is 2. The number of carbonyl (C=O) groups excluding carboxylic acids is 2. The number of carbonyl (C=O) groups is 2. The van der Waals surface area contributed by atoms with Crippen molar-refractivity contribution in [3.8, 4) is 5.75 Å². The number of rotatable bonds is 10. The number of sulfone groups is 1. The van der Waals surface area contributed by atoms with Crippen molar-refractivity contribution in [3.05, 3.63) is 24.3 Å². The van der Waals surface area contributed by atoms with Crippen molar-refractivity contribution >= 4 is 55.6 Å². The lowest BCUT2D eigenvalue weighted by Gasteiger charge is -2.21. The van der Waals surface area contributed by atoms with Gasteiger partial charge < -0.3 is 20.3 Å². The van der Waals surface area contributed by atoms with Gasteiger partial charge in [-0.2, -0.15) is 0 Å². The van der Waals surface area contributed by atoms with Crippen LogP contribution in [0.2, 0.25) is 0 Å². The third-order valence-corrected chi connectivity index (χ3v) is 8.47. The van der Waals surface area contributed by atoms with Gasteiger partial charge in [0.1, 0.15) is 5.75 Å². The fourth-order valence-corrected chi connectivity index (χ4v) is 6.47. The number of likely N-dealkylation sites (N-methyl/N-ethyl adjacent to an activating group) is 1. The van der Waals surface area contributed by atoms with Crippen LogP contribution in [-0.2, 0) is 19.4 Å². The quantitative estimate of drug-likeness (QED) is 0.467. The molecule has 2 heterocycles. The third kappa shape index (κ3) is 6.81. The summed E-state index contributed by atoms with van der Waals surface area (Å²) >= 11 is 2.56. The highest BCUT2D eigenvalue weighted by Gasteiger charge is 2.29. The van der Waals surface area contributed by atoms with Gasteiger partial charge in [-0.15, -0.1) is 10.2 Å². The normalized spacial score (nSPS) is 17.0. The number of anilines is 2. The van der Waals surface area contributed by atoms with Gasteiger partial charge in [0.25, 0.3) is 0 Å². The molecule has 1 saturated heterocycles. The Morgan fingerprint density at radius 1 is 1.31 bits per heavy atom. The summed E-state index contributed by atoms with van der Waals surface area (Å²) in [7, 11) is -1.49. The molecule has 3 rings (SSSR count). The molecule has 0 spiro atoms. The largest absolute Gasteiger partial charge is 0.495 e. The van der Waals surface area contributed by atoms with Gasteiger partial charge in [0.2, 0.25) is 16.9 Å².